The van der Waals surface area contributed by atoms with E-state index in [-0.39, 0.29) is 30.3 Å². The van der Waals surface area contributed by atoms with Crippen molar-refractivity contribution in [3.05, 3.63) is 41.5 Å². The van der Waals surface area contributed by atoms with Gasteiger partial charge in [-0.15, -0.1) is 5.10 Å². The summed E-state index contributed by atoms with van der Waals surface area (Å²) in [5.41, 5.74) is 0.748. The molecule has 0 radical (unpaired) electrons. The van der Waals surface area contributed by atoms with E-state index in [1.165, 1.54) is 10.7 Å². The number of carbonyl (C=O) groups is 2. The number of hydrogen-bond donors (Lipinski definition) is 1. The largest absolute Gasteiger partial charge is 0.378 e. The summed E-state index contributed by atoms with van der Waals surface area (Å²) in [6.07, 6.45) is 0.201. The standard InChI is InChI=1S/C17H20FN5O3/c1-12-16(20-21-23(12)14-5-3-2-4-13(14)18)17(25)19-7-6-15(24)22-8-10-26-11-9-22/h2-5H,6-11H2,1H3,(H,19,25). The molecule has 26 heavy (non-hydrogen) atoms. The second-order valence-electron chi connectivity index (χ2n) is 5.89. The summed E-state index contributed by atoms with van der Waals surface area (Å²) in [5.74, 6) is -0.927. The van der Waals surface area contributed by atoms with Crippen molar-refractivity contribution in [1.82, 2.24) is 25.2 Å². The number of nitrogens with one attached hydrogen (secondary N) is 1. The first kappa shape index (κ1) is 18.0. The monoisotopic (exact) mass is 361 g/mol. The number of benzene rings is 1. The lowest BCUT2D eigenvalue weighted by Crippen LogP contribution is -2.42. The van der Waals surface area contributed by atoms with Crippen LogP contribution in [0.15, 0.2) is 24.3 Å². The SMILES string of the molecule is Cc1c(C(=O)NCCC(=O)N2CCOCC2)nnn1-c1ccccc1F. The maximum Gasteiger partial charge on any atom is 0.273 e. The summed E-state index contributed by atoms with van der Waals surface area (Å²) in [6.45, 7) is 4.06. The molecule has 1 saturated heterocycles. The zero-order valence-electron chi connectivity index (χ0n) is 14.4. The van der Waals surface area contributed by atoms with Gasteiger partial charge in [0.1, 0.15) is 11.5 Å². The van der Waals surface area contributed by atoms with E-state index in [1.54, 1.807) is 30.0 Å². The number of carbonyl (C=O) groups excluding carboxylic acids is 2. The van der Waals surface area contributed by atoms with Crippen molar-refractivity contribution in [3.63, 3.8) is 0 Å². The van der Waals surface area contributed by atoms with Gasteiger partial charge in [-0.1, -0.05) is 17.3 Å². The first-order valence-electron chi connectivity index (χ1n) is 8.39. The number of para-hydroxylation sites is 1. The molecule has 9 heteroatoms. The van der Waals surface area contributed by atoms with Crippen LogP contribution in [-0.2, 0) is 9.53 Å². The van der Waals surface area contributed by atoms with Crippen LogP contribution >= 0.6 is 0 Å². The molecular weight excluding hydrogens is 341 g/mol. The molecule has 1 aromatic heterocycles. The van der Waals surface area contributed by atoms with Gasteiger partial charge < -0.3 is 15.0 Å². The van der Waals surface area contributed by atoms with E-state index in [0.717, 1.165) is 0 Å². The Hall–Kier alpha value is -2.81. The molecule has 1 aliphatic heterocycles. The molecule has 138 valence electrons. The van der Waals surface area contributed by atoms with Crippen molar-refractivity contribution in [2.45, 2.75) is 13.3 Å². The fourth-order valence-electron chi connectivity index (χ4n) is 2.73. The molecule has 1 aliphatic rings. The van der Waals surface area contributed by atoms with E-state index in [2.05, 4.69) is 15.6 Å². The fraction of sp³-hybridized carbons (Fsp3) is 0.412. The smallest absolute Gasteiger partial charge is 0.273 e. The third-order valence-corrected chi connectivity index (χ3v) is 4.18. The van der Waals surface area contributed by atoms with E-state index < -0.39 is 11.7 Å². The Morgan fingerprint density at radius 1 is 1.27 bits per heavy atom. The van der Waals surface area contributed by atoms with Crippen molar-refractivity contribution in [2.75, 3.05) is 32.8 Å². The molecule has 1 aromatic carbocycles. The van der Waals surface area contributed by atoms with E-state index in [9.17, 15) is 14.0 Å². The second-order valence-corrected chi connectivity index (χ2v) is 5.89. The van der Waals surface area contributed by atoms with Gasteiger partial charge in [0.15, 0.2) is 5.69 Å². The van der Waals surface area contributed by atoms with Gasteiger partial charge in [0.25, 0.3) is 5.91 Å². The fourth-order valence-corrected chi connectivity index (χ4v) is 2.73. The van der Waals surface area contributed by atoms with Crippen LogP contribution in [0.1, 0.15) is 22.6 Å². The Morgan fingerprint density at radius 2 is 2.00 bits per heavy atom. The Kier molecular flexibility index (Phi) is 5.57. The summed E-state index contributed by atoms with van der Waals surface area (Å²) in [5, 5.41) is 10.4. The quantitative estimate of drug-likeness (QED) is 0.847. The summed E-state index contributed by atoms with van der Waals surface area (Å²) < 4.78 is 20.4. The van der Waals surface area contributed by atoms with E-state index in [1.807, 2.05) is 0 Å². The van der Waals surface area contributed by atoms with E-state index in [0.29, 0.717) is 32.0 Å². The number of rotatable bonds is 5. The molecule has 2 heterocycles. The minimum Gasteiger partial charge on any atom is -0.378 e. The van der Waals surface area contributed by atoms with Crippen molar-refractivity contribution >= 4 is 11.8 Å². The Bertz CT molecular complexity index is 801. The van der Waals surface area contributed by atoms with E-state index >= 15 is 0 Å². The highest BCUT2D eigenvalue weighted by Gasteiger charge is 2.20. The number of hydrogen-bond acceptors (Lipinski definition) is 5. The molecule has 0 bridgehead atoms. The van der Waals surface area contributed by atoms with Crippen LogP contribution in [0.4, 0.5) is 4.39 Å². The minimum atomic E-state index is -0.455. The van der Waals surface area contributed by atoms with Gasteiger partial charge in [0.05, 0.1) is 18.9 Å². The van der Waals surface area contributed by atoms with Gasteiger partial charge in [-0.05, 0) is 19.1 Å². The molecule has 0 atom stereocenters. The van der Waals surface area contributed by atoms with Crippen LogP contribution in [0.3, 0.4) is 0 Å². The normalized spacial score (nSPS) is 14.3. The highest BCUT2D eigenvalue weighted by atomic mass is 19.1. The molecular formula is C17H20FN5O3. The molecule has 2 amide bonds. The Balaban J connectivity index is 1.59. The van der Waals surface area contributed by atoms with Gasteiger partial charge in [0, 0.05) is 26.1 Å². The van der Waals surface area contributed by atoms with Crippen LogP contribution < -0.4 is 5.32 Å². The van der Waals surface area contributed by atoms with Crippen LogP contribution in [-0.4, -0.2) is 64.6 Å². The minimum absolute atomic E-state index is 0.0275. The molecule has 1 fully saturated rings. The van der Waals surface area contributed by atoms with Gasteiger partial charge in [-0.25, -0.2) is 9.07 Å². The molecule has 8 nitrogen and oxygen atoms in total. The topological polar surface area (TPSA) is 89.3 Å². The van der Waals surface area contributed by atoms with E-state index in [4.69, 9.17) is 4.74 Å². The van der Waals surface area contributed by atoms with Crippen LogP contribution in [0.2, 0.25) is 0 Å². The lowest BCUT2D eigenvalue weighted by atomic mass is 10.2. The van der Waals surface area contributed by atoms with Crippen molar-refractivity contribution in [1.29, 1.82) is 0 Å². The van der Waals surface area contributed by atoms with Gasteiger partial charge in [0.2, 0.25) is 5.91 Å². The Morgan fingerprint density at radius 3 is 2.73 bits per heavy atom. The molecule has 0 aliphatic carbocycles. The lowest BCUT2D eigenvalue weighted by molar-refractivity contribution is -0.135. The highest BCUT2D eigenvalue weighted by molar-refractivity contribution is 5.93. The summed E-state index contributed by atoms with van der Waals surface area (Å²) >= 11 is 0. The third kappa shape index (κ3) is 3.88. The first-order valence-corrected chi connectivity index (χ1v) is 8.39. The average Bonchev–Trinajstić information content (AvgIpc) is 3.04. The number of nitrogens with zero attached hydrogens (tertiary/aromatic N) is 4. The summed E-state index contributed by atoms with van der Waals surface area (Å²) in [7, 11) is 0. The predicted octanol–water partition coefficient (Wildman–Crippen LogP) is 0.694. The first-order chi connectivity index (χ1) is 12.6. The van der Waals surface area contributed by atoms with Crippen LogP contribution in [0, 0.1) is 12.7 Å². The number of aromatic nitrogens is 3. The Labute approximate surface area is 149 Å². The number of halogens is 1. The number of morpholine rings is 1. The third-order valence-electron chi connectivity index (χ3n) is 4.18. The summed E-state index contributed by atoms with van der Waals surface area (Å²) in [4.78, 5) is 26.1. The number of ether oxygens (including phenoxy) is 1. The zero-order chi connectivity index (χ0) is 18.5. The molecule has 0 saturated carbocycles. The maximum atomic E-state index is 13.9. The van der Waals surface area contributed by atoms with Crippen molar-refractivity contribution in [3.8, 4) is 5.69 Å². The van der Waals surface area contributed by atoms with Gasteiger partial charge in [-0.3, -0.25) is 9.59 Å². The number of amides is 2. The lowest BCUT2D eigenvalue weighted by Gasteiger charge is -2.26. The molecule has 3 rings (SSSR count). The van der Waals surface area contributed by atoms with Crippen molar-refractivity contribution < 1.29 is 18.7 Å². The van der Waals surface area contributed by atoms with Crippen LogP contribution in [0.25, 0.3) is 5.69 Å². The van der Waals surface area contributed by atoms with Crippen molar-refractivity contribution in [2.24, 2.45) is 0 Å². The molecule has 0 unspecified atom stereocenters. The van der Waals surface area contributed by atoms with Gasteiger partial charge >= 0.3 is 0 Å². The average molecular weight is 361 g/mol. The zero-order valence-corrected chi connectivity index (χ0v) is 14.4. The van der Waals surface area contributed by atoms with Gasteiger partial charge in [-0.2, -0.15) is 0 Å². The molecule has 2 aromatic rings. The molecule has 0 spiro atoms. The maximum absolute atomic E-state index is 13.9. The summed E-state index contributed by atoms with van der Waals surface area (Å²) in [6, 6.07) is 6.12. The predicted molar refractivity (Wildman–Crippen MR) is 90.4 cm³/mol. The van der Waals surface area contributed by atoms with Crippen LogP contribution in [0.5, 0.6) is 0 Å². The second kappa shape index (κ2) is 8.05. The molecule has 1 N–H and O–H groups in total. The highest BCUT2D eigenvalue weighted by Crippen LogP contribution is 2.15.